The topological polar surface area (TPSA) is 24.9 Å². The number of fused-ring (bicyclic) bond motifs is 1. The summed E-state index contributed by atoms with van der Waals surface area (Å²) in [5.74, 6) is 0. The number of aromatic nitrogens is 1. The van der Waals surface area contributed by atoms with E-state index < -0.39 is 0 Å². The minimum atomic E-state index is 0.857. The van der Waals surface area contributed by atoms with Gasteiger partial charge in [0.25, 0.3) is 0 Å². The van der Waals surface area contributed by atoms with Gasteiger partial charge in [-0.2, -0.15) is 0 Å². The van der Waals surface area contributed by atoms with E-state index in [9.17, 15) is 0 Å². The molecule has 0 fully saturated rings. The molecule has 1 aromatic carbocycles. The molecule has 0 aliphatic heterocycles. The van der Waals surface area contributed by atoms with Crippen LogP contribution in [0.15, 0.2) is 48.0 Å². The monoisotopic (exact) mass is 282 g/mol. The van der Waals surface area contributed by atoms with E-state index in [-0.39, 0.29) is 0 Å². The molecule has 3 heteroatoms. The molecule has 2 heterocycles. The molecule has 0 spiro atoms. The van der Waals surface area contributed by atoms with Gasteiger partial charge in [-0.25, -0.2) is 0 Å². The fraction of sp³-hybridized carbons (Fsp3) is 0.235. The SMILES string of the molecule is CCc1ccsc1CNCc1cccc2cccnc12. The number of rotatable bonds is 5. The van der Waals surface area contributed by atoms with Gasteiger partial charge in [0, 0.05) is 29.5 Å². The minimum Gasteiger partial charge on any atom is -0.308 e. The van der Waals surface area contributed by atoms with Crippen molar-refractivity contribution in [3.63, 3.8) is 0 Å². The Morgan fingerprint density at radius 2 is 1.95 bits per heavy atom. The number of thiophene rings is 1. The van der Waals surface area contributed by atoms with Gasteiger partial charge in [0.15, 0.2) is 0 Å². The van der Waals surface area contributed by atoms with Gasteiger partial charge >= 0.3 is 0 Å². The summed E-state index contributed by atoms with van der Waals surface area (Å²) in [6.07, 6.45) is 2.97. The summed E-state index contributed by atoms with van der Waals surface area (Å²) < 4.78 is 0. The number of nitrogens with zero attached hydrogens (tertiary/aromatic N) is 1. The number of pyridine rings is 1. The molecule has 3 aromatic rings. The van der Waals surface area contributed by atoms with Crippen molar-refractivity contribution in [2.75, 3.05) is 0 Å². The summed E-state index contributed by atoms with van der Waals surface area (Å²) in [5, 5.41) is 6.92. The Labute approximate surface area is 123 Å². The summed E-state index contributed by atoms with van der Waals surface area (Å²) >= 11 is 1.83. The Bertz CT molecular complexity index is 698. The zero-order valence-electron chi connectivity index (χ0n) is 11.6. The highest BCUT2D eigenvalue weighted by Crippen LogP contribution is 2.18. The van der Waals surface area contributed by atoms with Crippen LogP contribution in [0.25, 0.3) is 10.9 Å². The third kappa shape index (κ3) is 2.74. The molecule has 0 saturated heterocycles. The van der Waals surface area contributed by atoms with Gasteiger partial charge in [-0.1, -0.05) is 31.2 Å². The maximum atomic E-state index is 4.49. The highest BCUT2D eigenvalue weighted by atomic mass is 32.1. The van der Waals surface area contributed by atoms with Crippen LogP contribution >= 0.6 is 11.3 Å². The largest absolute Gasteiger partial charge is 0.308 e. The Kier molecular flexibility index (Phi) is 4.09. The van der Waals surface area contributed by atoms with Gasteiger partial charge in [0.2, 0.25) is 0 Å². The van der Waals surface area contributed by atoms with E-state index in [0.29, 0.717) is 0 Å². The molecule has 20 heavy (non-hydrogen) atoms. The molecular formula is C17H18N2S. The second-order valence-electron chi connectivity index (χ2n) is 4.82. The number of benzene rings is 1. The molecule has 0 unspecified atom stereocenters. The van der Waals surface area contributed by atoms with Crippen LogP contribution in [0.4, 0.5) is 0 Å². The molecule has 0 radical (unpaired) electrons. The number of nitrogens with one attached hydrogen (secondary N) is 1. The average Bonchev–Trinajstić information content (AvgIpc) is 2.95. The van der Waals surface area contributed by atoms with Gasteiger partial charge in [-0.15, -0.1) is 11.3 Å². The van der Waals surface area contributed by atoms with E-state index in [2.05, 4.69) is 52.9 Å². The van der Waals surface area contributed by atoms with E-state index in [1.807, 2.05) is 23.6 Å². The predicted molar refractivity (Wildman–Crippen MR) is 86.0 cm³/mol. The lowest BCUT2D eigenvalue weighted by Crippen LogP contribution is -2.13. The van der Waals surface area contributed by atoms with Gasteiger partial charge in [-0.3, -0.25) is 4.98 Å². The van der Waals surface area contributed by atoms with E-state index >= 15 is 0 Å². The van der Waals surface area contributed by atoms with Crippen LogP contribution < -0.4 is 5.32 Å². The predicted octanol–water partition coefficient (Wildman–Crippen LogP) is 4.15. The first kappa shape index (κ1) is 13.3. The zero-order valence-corrected chi connectivity index (χ0v) is 12.4. The van der Waals surface area contributed by atoms with E-state index in [4.69, 9.17) is 0 Å². The van der Waals surface area contributed by atoms with Crippen LogP contribution in [-0.2, 0) is 19.5 Å². The second kappa shape index (κ2) is 6.16. The fourth-order valence-corrected chi connectivity index (χ4v) is 3.40. The van der Waals surface area contributed by atoms with Crippen molar-refractivity contribution >= 4 is 22.2 Å². The smallest absolute Gasteiger partial charge is 0.0746 e. The molecule has 2 nitrogen and oxygen atoms in total. The Hall–Kier alpha value is -1.71. The van der Waals surface area contributed by atoms with Crippen molar-refractivity contribution in [3.8, 4) is 0 Å². The second-order valence-corrected chi connectivity index (χ2v) is 5.82. The van der Waals surface area contributed by atoms with Crippen molar-refractivity contribution in [1.29, 1.82) is 0 Å². The molecule has 0 bridgehead atoms. The molecule has 0 saturated carbocycles. The molecule has 2 aromatic heterocycles. The molecule has 0 aliphatic carbocycles. The molecule has 1 N–H and O–H groups in total. The van der Waals surface area contributed by atoms with Crippen LogP contribution in [0.3, 0.4) is 0 Å². The van der Waals surface area contributed by atoms with Crippen molar-refractivity contribution in [1.82, 2.24) is 10.3 Å². The third-order valence-electron chi connectivity index (χ3n) is 3.54. The summed E-state index contributed by atoms with van der Waals surface area (Å²) in [4.78, 5) is 5.94. The van der Waals surface area contributed by atoms with E-state index in [1.54, 1.807) is 0 Å². The first-order chi connectivity index (χ1) is 9.88. The lowest BCUT2D eigenvalue weighted by molar-refractivity contribution is 0.699. The van der Waals surface area contributed by atoms with Crippen molar-refractivity contribution < 1.29 is 0 Å². The lowest BCUT2D eigenvalue weighted by atomic mass is 10.1. The maximum absolute atomic E-state index is 4.49. The molecule has 0 atom stereocenters. The quantitative estimate of drug-likeness (QED) is 0.760. The molecule has 3 rings (SSSR count). The van der Waals surface area contributed by atoms with Crippen LogP contribution in [-0.4, -0.2) is 4.98 Å². The van der Waals surface area contributed by atoms with Crippen molar-refractivity contribution in [2.45, 2.75) is 26.4 Å². The fourth-order valence-electron chi connectivity index (χ4n) is 2.46. The Morgan fingerprint density at radius 1 is 1.05 bits per heavy atom. The zero-order chi connectivity index (χ0) is 13.8. The number of para-hydroxylation sites is 1. The van der Waals surface area contributed by atoms with Gasteiger partial charge < -0.3 is 5.32 Å². The van der Waals surface area contributed by atoms with Crippen molar-refractivity contribution in [2.24, 2.45) is 0 Å². The summed E-state index contributed by atoms with van der Waals surface area (Å²) in [6, 6.07) is 12.7. The van der Waals surface area contributed by atoms with E-state index in [1.165, 1.54) is 21.4 Å². The highest BCUT2D eigenvalue weighted by Gasteiger charge is 2.04. The van der Waals surface area contributed by atoms with Gasteiger partial charge in [-0.05, 0) is 35.1 Å². The van der Waals surface area contributed by atoms with E-state index in [0.717, 1.165) is 25.0 Å². The Balaban J connectivity index is 1.71. The molecule has 102 valence electrons. The average molecular weight is 282 g/mol. The first-order valence-corrected chi connectivity index (χ1v) is 7.85. The van der Waals surface area contributed by atoms with Crippen LogP contribution in [0.5, 0.6) is 0 Å². The van der Waals surface area contributed by atoms with Gasteiger partial charge in [0.1, 0.15) is 0 Å². The third-order valence-corrected chi connectivity index (χ3v) is 4.50. The number of aryl methyl sites for hydroxylation is 1. The maximum Gasteiger partial charge on any atom is 0.0746 e. The van der Waals surface area contributed by atoms with Crippen LogP contribution in [0.2, 0.25) is 0 Å². The summed E-state index contributed by atoms with van der Waals surface area (Å²) in [5.41, 5.74) is 3.82. The molecular weight excluding hydrogens is 264 g/mol. The lowest BCUT2D eigenvalue weighted by Gasteiger charge is -2.07. The normalized spacial score (nSPS) is 11.1. The highest BCUT2D eigenvalue weighted by molar-refractivity contribution is 7.10. The van der Waals surface area contributed by atoms with Crippen LogP contribution in [0.1, 0.15) is 22.9 Å². The standard InChI is InChI=1S/C17H18N2S/c1-2-13-8-10-20-16(13)12-18-11-15-6-3-5-14-7-4-9-19-17(14)15/h3-10,18H,2,11-12H2,1H3. The number of hydrogen-bond acceptors (Lipinski definition) is 3. The molecule has 0 aliphatic rings. The molecule has 0 amide bonds. The first-order valence-electron chi connectivity index (χ1n) is 6.97. The van der Waals surface area contributed by atoms with Gasteiger partial charge in [0.05, 0.1) is 5.52 Å². The Morgan fingerprint density at radius 3 is 2.85 bits per heavy atom. The van der Waals surface area contributed by atoms with Crippen LogP contribution in [0, 0.1) is 0 Å². The van der Waals surface area contributed by atoms with Crippen molar-refractivity contribution in [3.05, 3.63) is 64.0 Å². The summed E-state index contributed by atoms with van der Waals surface area (Å²) in [6.45, 7) is 4.00. The number of hydrogen-bond donors (Lipinski definition) is 1. The minimum absolute atomic E-state index is 0.857. The summed E-state index contributed by atoms with van der Waals surface area (Å²) in [7, 11) is 0.